The topological polar surface area (TPSA) is 54.0 Å². The van der Waals surface area contributed by atoms with E-state index in [9.17, 15) is 4.79 Å². The van der Waals surface area contributed by atoms with E-state index in [1.54, 1.807) is 0 Å². The average molecular weight is 263 g/mol. The van der Waals surface area contributed by atoms with E-state index in [0.29, 0.717) is 6.54 Å². The number of nitrogens with zero attached hydrogens (tertiary/aromatic N) is 1. The van der Waals surface area contributed by atoms with E-state index < -0.39 is 0 Å². The molecule has 1 aromatic heterocycles. The van der Waals surface area contributed by atoms with E-state index in [2.05, 4.69) is 15.6 Å². The van der Waals surface area contributed by atoms with Gasteiger partial charge in [0.15, 0.2) is 0 Å². The van der Waals surface area contributed by atoms with E-state index in [1.165, 1.54) is 23.4 Å². The molecular formula is C13H17N3OS. The van der Waals surface area contributed by atoms with Gasteiger partial charge in [-0.1, -0.05) is 12.2 Å². The molecule has 1 aliphatic carbocycles. The molecule has 0 bridgehead atoms. The second-order valence-electron chi connectivity index (χ2n) is 4.69. The van der Waals surface area contributed by atoms with Crippen LogP contribution in [0.2, 0.25) is 0 Å². The Labute approximate surface area is 111 Å². The summed E-state index contributed by atoms with van der Waals surface area (Å²) in [5.41, 5.74) is 1.29. The Hall–Kier alpha value is -1.20. The van der Waals surface area contributed by atoms with Crippen LogP contribution in [0, 0.1) is 0 Å². The molecule has 2 N–H and O–H groups in total. The molecule has 1 amide bonds. The van der Waals surface area contributed by atoms with Crippen molar-refractivity contribution in [3.8, 4) is 0 Å². The van der Waals surface area contributed by atoms with Gasteiger partial charge in [-0.2, -0.15) is 0 Å². The van der Waals surface area contributed by atoms with E-state index >= 15 is 0 Å². The van der Waals surface area contributed by atoms with Crippen LogP contribution < -0.4 is 10.6 Å². The fraction of sp³-hybridized carbons (Fsp3) is 0.538. The summed E-state index contributed by atoms with van der Waals surface area (Å²) in [5.74, 6) is 0.0628. The molecule has 1 atom stereocenters. The number of amides is 1. The quantitative estimate of drug-likeness (QED) is 0.791. The molecule has 18 heavy (non-hydrogen) atoms. The zero-order chi connectivity index (χ0) is 12.4. The molecule has 0 spiro atoms. The number of hydrogen-bond acceptors (Lipinski definition) is 4. The summed E-state index contributed by atoms with van der Waals surface area (Å²) in [4.78, 5) is 17.8. The third-order valence-electron chi connectivity index (χ3n) is 3.34. The fourth-order valence-corrected chi connectivity index (χ4v) is 3.56. The number of carbonyl (C=O) groups excluding carboxylic acids is 1. The van der Waals surface area contributed by atoms with E-state index in [1.807, 2.05) is 23.5 Å². The summed E-state index contributed by atoms with van der Waals surface area (Å²) in [7, 11) is 0. The smallest absolute Gasteiger partial charge is 0.241 e. The third kappa shape index (κ3) is 2.47. The van der Waals surface area contributed by atoms with Gasteiger partial charge in [-0.15, -0.1) is 11.3 Å². The zero-order valence-electron chi connectivity index (χ0n) is 10.2. The molecule has 0 saturated heterocycles. The predicted molar refractivity (Wildman–Crippen MR) is 71.8 cm³/mol. The zero-order valence-corrected chi connectivity index (χ0v) is 11.1. The van der Waals surface area contributed by atoms with Crippen molar-refractivity contribution in [3.63, 3.8) is 0 Å². The monoisotopic (exact) mass is 263 g/mol. The maximum absolute atomic E-state index is 11.7. The molecular weight excluding hydrogens is 246 g/mol. The van der Waals surface area contributed by atoms with Crippen LogP contribution in [-0.4, -0.2) is 30.0 Å². The van der Waals surface area contributed by atoms with Gasteiger partial charge >= 0.3 is 0 Å². The first-order chi connectivity index (χ1) is 8.83. The Morgan fingerprint density at radius 2 is 2.50 bits per heavy atom. The van der Waals surface area contributed by atoms with Gasteiger partial charge in [0.25, 0.3) is 0 Å². The highest BCUT2D eigenvalue weighted by atomic mass is 32.1. The lowest BCUT2D eigenvalue weighted by Crippen LogP contribution is -2.41. The number of hydrogen-bond donors (Lipinski definition) is 2. The first kappa shape index (κ1) is 11.9. The summed E-state index contributed by atoms with van der Waals surface area (Å²) in [6.07, 6.45) is 8.32. The van der Waals surface area contributed by atoms with Crippen LogP contribution in [0.15, 0.2) is 12.2 Å². The Kier molecular flexibility index (Phi) is 3.43. The lowest BCUT2D eigenvalue weighted by atomic mass is 10.3. The molecule has 1 aromatic rings. The molecule has 1 unspecified atom stereocenters. The van der Waals surface area contributed by atoms with E-state index in [0.717, 1.165) is 24.4 Å². The van der Waals surface area contributed by atoms with Crippen molar-refractivity contribution in [2.24, 2.45) is 0 Å². The minimum Gasteiger partial charge on any atom is -0.354 e. The summed E-state index contributed by atoms with van der Waals surface area (Å²) in [5, 5.41) is 7.21. The molecule has 96 valence electrons. The SMILES string of the molecule is O=C(NCCc1nc2c(s1)CCC2)C1C=CCN1. The number of aromatic nitrogens is 1. The Balaban J connectivity index is 1.46. The number of nitrogens with one attached hydrogen (secondary N) is 2. The molecule has 4 nitrogen and oxygen atoms in total. The number of rotatable bonds is 4. The van der Waals surface area contributed by atoms with E-state index in [4.69, 9.17) is 0 Å². The first-order valence-corrected chi connectivity index (χ1v) is 7.30. The van der Waals surface area contributed by atoms with E-state index in [-0.39, 0.29) is 11.9 Å². The number of fused-ring (bicyclic) bond motifs is 1. The highest BCUT2D eigenvalue weighted by Gasteiger charge is 2.18. The van der Waals surface area contributed by atoms with Gasteiger partial charge < -0.3 is 5.32 Å². The molecule has 0 radical (unpaired) electrons. The van der Waals surface area contributed by atoms with Crippen molar-refractivity contribution in [2.45, 2.75) is 31.7 Å². The summed E-state index contributed by atoms with van der Waals surface area (Å²) in [6, 6.07) is -0.147. The molecule has 0 saturated carbocycles. The Morgan fingerprint density at radius 3 is 3.28 bits per heavy atom. The lowest BCUT2D eigenvalue weighted by Gasteiger charge is -2.09. The largest absolute Gasteiger partial charge is 0.354 e. The molecule has 5 heteroatoms. The molecule has 3 rings (SSSR count). The fourth-order valence-electron chi connectivity index (χ4n) is 2.40. The molecule has 1 aliphatic heterocycles. The van der Waals surface area contributed by atoms with Crippen LogP contribution in [0.4, 0.5) is 0 Å². The normalized spacial score (nSPS) is 21.2. The summed E-state index contributed by atoms with van der Waals surface area (Å²) >= 11 is 1.81. The number of aryl methyl sites for hydroxylation is 2. The summed E-state index contributed by atoms with van der Waals surface area (Å²) in [6.45, 7) is 1.47. The minimum atomic E-state index is -0.147. The van der Waals surface area contributed by atoms with Crippen LogP contribution in [0.5, 0.6) is 0 Å². The third-order valence-corrected chi connectivity index (χ3v) is 4.56. The van der Waals surface area contributed by atoms with Gasteiger partial charge in [-0.05, 0) is 19.3 Å². The van der Waals surface area contributed by atoms with Crippen LogP contribution in [0.25, 0.3) is 0 Å². The van der Waals surface area contributed by atoms with Crippen LogP contribution in [0.1, 0.15) is 22.0 Å². The van der Waals surface area contributed by atoms with Crippen LogP contribution in [-0.2, 0) is 24.1 Å². The van der Waals surface area contributed by atoms with Gasteiger partial charge in [0.05, 0.1) is 10.7 Å². The van der Waals surface area contributed by atoms with Gasteiger partial charge in [0, 0.05) is 24.4 Å². The standard InChI is InChI=1S/C13H17N3OS/c17-13(10-4-2-7-14-10)15-8-6-12-16-9-3-1-5-11(9)18-12/h2,4,10,14H,1,3,5-8H2,(H,15,17). The molecule has 2 aliphatic rings. The van der Waals surface area contributed by atoms with Gasteiger partial charge in [0.2, 0.25) is 5.91 Å². The highest BCUT2D eigenvalue weighted by Crippen LogP contribution is 2.27. The lowest BCUT2D eigenvalue weighted by molar-refractivity contribution is -0.121. The average Bonchev–Trinajstić information content (AvgIpc) is 3.05. The second kappa shape index (κ2) is 5.20. The molecule has 0 fully saturated rings. The second-order valence-corrected chi connectivity index (χ2v) is 5.85. The number of carbonyl (C=O) groups is 1. The Morgan fingerprint density at radius 1 is 1.56 bits per heavy atom. The van der Waals surface area contributed by atoms with Crippen LogP contribution >= 0.6 is 11.3 Å². The molecule has 0 aromatic carbocycles. The Bertz CT molecular complexity index is 459. The van der Waals surface area contributed by atoms with Gasteiger partial charge in [-0.25, -0.2) is 4.98 Å². The van der Waals surface area contributed by atoms with Crippen molar-refractivity contribution in [1.29, 1.82) is 0 Å². The van der Waals surface area contributed by atoms with Crippen LogP contribution in [0.3, 0.4) is 0 Å². The maximum atomic E-state index is 11.7. The van der Waals surface area contributed by atoms with Gasteiger partial charge in [0.1, 0.15) is 6.04 Å². The number of thiazole rings is 1. The highest BCUT2D eigenvalue weighted by molar-refractivity contribution is 7.11. The maximum Gasteiger partial charge on any atom is 0.241 e. The van der Waals surface area contributed by atoms with Crippen molar-refractivity contribution in [3.05, 3.63) is 27.7 Å². The van der Waals surface area contributed by atoms with Crippen molar-refractivity contribution in [2.75, 3.05) is 13.1 Å². The van der Waals surface area contributed by atoms with Crippen molar-refractivity contribution in [1.82, 2.24) is 15.6 Å². The minimum absolute atomic E-state index is 0.0628. The first-order valence-electron chi connectivity index (χ1n) is 6.48. The van der Waals surface area contributed by atoms with Crippen molar-refractivity contribution < 1.29 is 4.79 Å². The van der Waals surface area contributed by atoms with Gasteiger partial charge in [-0.3, -0.25) is 10.1 Å². The van der Waals surface area contributed by atoms with Crippen molar-refractivity contribution >= 4 is 17.2 Å². The molecule has 2 heterocycles. The predicted octanol–water partition coefficient (Wildman–Crippen LogP) is 0.818. The summed E-state index contributed by atoms with van der Waals surface area (Å²) < 4.78 is 0.